The van der Waals surface area contributed by atoms with Crippen LogP contribution in [0.4, 0.5) is 0 Å². The summed E-state index contributed by atoms with van der Waals surface area (Å²) in [6, 6.07) is 0. The number of piperidine rings is 1. The van der Waals surface area contributed by atoms with Gasteiger partial charge in [-0.3, -0.25) is 4.79 Å². The van der Waals surface area contributed by atoms with Crippen molar-refractivity contribution >= 4 is 5.78 Å². The molecule has 0 spiro atoms. The molecule has 2 heterocycles. The molecular weight excluding hydrogens is 224 g/mol. The van der Waals surface area contributed by atoms with Crippen LogP contribution in [0.15, 0.2) is 0 Å². The van der Waals surface area contributed by atoms with E-state index in [9.17, 15) is 4.79 Å². The number of aryl methyl sites for hydroxylation is 1. The Bertz CT molecular complexity index is 489. The monoisotopic (exact) mass is 247 g/mol. The molecule has 98 valence electrons. The second kappa shape index (κ2) is 4.23. The molecule has 2 N–H and O–H groups in total. The Labute approximate surface area is 109 Å². The highest BCUT2D eigenvalue weighted by Crippen LogP contribution is 2.35. The minimum atomic E-state index is 0.270. The predicted molar refractivity (Wildman–Crippen MR) is 71.2 cm³/mol. The Hall–Kier alpha value is -1.09. The number of Topliss-reactive ketones (excluding diaryl/α,β-unsaturated/α-hetero) is 1. The zero-order valence-corrected chi connectivity index (χ0v) is 11.6. The maximum atomic E-state index is 12.8. The van der Waals surface area contributed by atoms with E-state index in [2.05, 4.69) is 25.9 Å². The zero-order chi connectivity index (χ0) is 12.9. The molecule has 3 heteroatoms. The fourth-order valence-corrected chi connectivity index (χ4v) is 3.90. The standard InChI is InChI=1S/C15H22N2O/c1-4-11-9(2)16-13-7-10-5-6-17(3)8-12(10)15(18)14(11)13/h10,12,16H,4-8H2,1-3H3/p+1. The van der Waals surface area contributed by atoms with Crippen molar-refractivity contribution < 1.29 is 9.69 Å². The van der Waals surface area contributed by atoms with E-state index in [1.807, 2.05) is 0 Å². The van der Waals surface area contributed by atoms with E-state index in [1.165, 1.54) is 34.8 Å². The lowest BCUT2D eigenvalue weighted by Gasteiger charge is -2.36. The summed E-state index contributed by atoms with van der Waals surface area (Å²) < 4.78 is 0. The lowest BCUT2D eigenvalue weighted by atomic mass is 9.73. The number of ketones is 1. The van der Waals surface area contributed by atoms with Crippen LogP contribution in [-0.4, -0.2) is 30.9 Å². The summed E-state index contributed by atoms with van der Waals surface area (Å²) in [5, 5.41) is 0. The molecule has 1 aliphatic carbocycles. The summed E-state index contributed by atoms with van der Waals surface area (Å²) in [6.07, 6.45) is 3.24. The number of H-pyrrole nitrogens is 1. The number of rotatable bonds is 1. The molecule has 0 radical (unpaired) electrons. The molecule has 18 heavy (non-hydrogen) atoms. The molecule has 1 aromatic rings. The van der Waals surface area contributed by atoms with Gasteiger partial charge in [0.15, 0.2) is 5.78 Å². The van der Waals surface area contributed by atoms with E-state index in [0.717, 1.165) is 24.9 Å². The average Bonchev–Trinajstić information content (AvgIpc) is 2.66. The first-order valence-corrected chi connectivity index (χ1v) is 7.17. The van der Waals surface area contributed by atoms with Gasteiger partial charge in [-0.2, -0.15) is 0 Å². The van der Waals surface area contributed by atoms with Gasteiger partial charge in [0.1, 0.15) is 0 Å². The molecule has 1 fully saturated rings. The minimum Gasteiger partial charge on any atom is -0.362 e. The van der Waals surface area contributed by atoms with E-state index in [0.29, 0.717) is 11.7 Å². The number of likely N-dealkylation sites (tertiary alicyclic amines) is 1. The number of fused-ring (bicyclic) bond motifs is 2. The van der Waals surface area contributed by atoms with E-state index in [1.54, 1.807) is 0 Å². The largest absolute Gasteiger partial charge is 0.362 e. The maximum absolute atomic E-state index is 12.8. The van der Waals surface area contributed by atoms with Gasteiger partial charge >= 0.3 is 0 Å². The van der Waals surface area contributed by atoms with E-state index >= 15 is 0 Å². The fourth-order valence-electron chi connectivity index (χ4n) is 3.90. The number of carbonyl (C=O) groups excluding carboxylic acids is 1. The summed E-state index contributed by atoms with van der Waals surface area (Å²) in [7, 11) is 2.21. The highest BCUT2D eigenvalue weighted by molar-refractivity contribution is 6.02. The van der Waals surface area contributed by atoms with E-state index in [4.69, 9.17) is 0 Å². The van der Waals surface area contributed by atoms with Crippen LogP contribution >= 0.6 is 0 Å². The highest BCUT2D eigenvalue weighted by atomic mass is 16.1. The molecule has 0 bridgehead atoms. The van der Waals surface area contributed by atoms with Crippen molar-refractivity contribution in [3.63, 3.8) is 0 Å². The van der Waals surface area contributed by atoms with Crippen LogP contribution in [0.5, 0.6) is 0 Å². The van der Waals surface area contributed by atoms with Crippen molar-refractivity contribution in [2.45, 2.75) is 33.1 Å². The summed E-state index contributed by atoms with van der Waals surface area (Å²) in [5.74, 6) is 1.27. The van der Waals surface area contributed by atoms with Gasteiger partial charge in [-0.15, -0.1) is 0 Å². The third-order valence-corrected chi connectivity index (χ3v) is 4.88. The smallest absolute Gasteiger partial charge is 0.173 e. The predicted octanol–water partition coefficient (Wildman–Crippen LogP) is 0.775. The number of hydrogen-bond donors (Lipinski definition) is 2. The summed E-state index contributed by atoms with van der Waals surface area (Å²) in [5.41, 5.74) is 4.73. The van der Waals surface area contributed by atoms with Crippen LogP contribution in [-0.2, 0) is 12.8 Å². The molecule has 0 aromatic carbocycles. The maximum Gasteiger partial charge on any atom is 0.173 e. The van der Waals surface area contributed by atoms with Crippen LogP contribution in [0, 0.1) is 18.8 Å². The molecule has 3 nitrogen and oxygen atoms in total. The third kappa shape index (κ3) is 1.64. The first-order chi connectivity index (χ1) is 8.61. The number of aromatic amines is 1. The number of quaternary nitrogens is 1. The van der Waals surface area contributed by atoms with Gasteiger partial charge in [0, 0.05) is 23.4 Å². The van der Waals surface area contributed by atoms with Gasteiger partial charge in [-0.05, 0) is 31.2 Å². The molecule has 3 rings (SSSR count). The Morgan fingerprint density at radius 2 is 2.22 bits per heavy atom. The Kier molecular flexibility index (Phi) is 2.81. The normalized spacial score (nSPS) is 31.1. The van der Waals surface area contributed by atoms with Crippen LogP contribution in [0.3, 0.4) is 0 Å². The van der Waals surface area contributed by atoms with Crippen molar-refractivity contribution in [2.24, 2.45) is 11.8 Å². The number of hydrogen-bond acceptors (Lipinski definition) is 1. The summed E-state index contributed by atoms with van der Waals surface area (Å²) in [6.45, 7) is 6.49. The van der Waals surface area contributed by atoms with Crippen LogP contribution in [0.2, 0.25) is 0 Å². The molecule has 1 aromatic heterocycles. The number of aromatic nitrogens is 1. The average molecular weight is 247 g/mol. The van der Waals surface area contributed by atoms with Gasteiger partial charge in [0.05, 0.1) is 26.1 Å². The SMILES string of the molecule is CCc1c(C)[nH]c2c1C(=O)C1C[NH+](C)CCC1C2. The van der Waals surface area contributed by atoms with Crippen molar-refractivity contribution in [2.75, 3.05) is 20.1 Å². The van der Waals surface area contributed by atoms with Gasteiger partial charge in [-0.25, -0.2) is 0 Å². The Morgan fingerprint density at radius 3 is 2.94 bits per heavy atom. The van der Waals surface area contributed by atoms with Crippen molar-refractivity contribution in [1.82, 2.24) is 4.98 Å². The number of carbonyl (C=O) groups is 1. The molecule has 2 aliphatic rings. The second-order valence-electron chi connectivity index (χ2n) is 6.07. The number of nitrogens with one attached hydrogen (secondary N) is 2. The van der Waals surface area contributed by atoms with Crippen LogP contribution in [0.25, 0.3) is 0 Å². The Balaban J connectivity index is 2.03. The van der Waals surface area contributed by atoms with Gasteiger partial charge < -0.3 is 9.88 Å². The van der Waals surface area contributed by atoms with E-state index < -0.39 is 0 Å². The first kappa shape index (κ1) is 12.0. The first-order valence-electron chi connectivity index (χ1n) is 7.17. The highest BCUT2D eigenvalue weighted by Gasteiger charge is 2.42. The van der Waals surface area contributed by atoms with Crippen LogP contribution in [0.1, 0.15) is 40.7 Å². The third-order valence-electron chi connectivity index (χ3n) is 4.88. The topological polar surface area (TPSA) is 37.3 Å². The van der Waals surface area contributed by atoms with Crippen molar-refractivity contribution in [3.8, 4) is 0 Å². The van der Waals surface area contributed by atoms with Gasteiger partial charge in [-0.1, -0.05) is 6.92 Å². The summed E-state index contributed by atoms with van der Waals surface area (Å²) >= 11 is 0. The van der Waals surface area contributed by atoms with Crippen LogP contribution < -0.4 is 4.90 Å². The zero-order valence-electron chi connectivity index (χ0n) is 11.6. The van der Waals surface area contributed by atoms with E-state index in [-0.39, 0.29) is 5.92 Å². The molecule has 1 aliphatic heterocycles. The Morgan fingerprint density at radius 1 is 1.44 bits per heavy atom. The van der Waals surface area contributed by atoms with Gasteiger partial charge in [0.25, 0.3) is 0 Å². The summed E-state index contributed by atoms with van der Waals surface area (Å²) in [4.78, 5) is 17.7. The fraction of sp³-hybridized carbons (Fsp3) is 0.667. The quantitative estimate of drug-likeness (QED) is 0.756. The molecule has 1 saturated heterocycles. The lowest BCUT2D eigenvalue weighted by Crippen LogP contribution is -3.11. The minimum absolute atomic E-state index is 0.270. The molecule has 3 atom stereocenters. The van der Waals surface area contributed by atoms with Crippen molar-refractivity contribution in [1.29, 1.82) is 0 Å². The van der Waals surface area contributed by atoms with Crippen molar-refractivity contribution in [3.05, 3.63) is 22.5 Å². The van der Waals surface area contributed by atoms with Gasteiger partial charge in [0.2, 0.25) is 0 Å². The molecule has 0 amide bonds. The lowest BCUT2D eigenvalue weighted by molar-refractivity contribution is -0.888. The molecular formula is C15H23N2O+. The second-order valence-corrected chi connectivity index (χ2v) is 6.07. The molecule has 0 saturated carbocycles. The molecule has 3 unspecified atom stereocenters.